The van der Waals surface area contributed by atoms with Crippen LogP contribution in [-0.4, -0.2) is 53.5 Å². The van der Waals surface area contributed by atoms with E-state index in [2.05, 4.69) is 25.9 Å². The van der Waals surface area contributed by atoms with Crippen LogP contribution in [0.3, 0.4) is 0 Å². The van der Waals surface area contributed by atoms with Gasteiger partial charge >= 0.3 is 0 Å². The van der Waals surface area contributed by atoms with Gasteiger partial charge in [0.1, 0.15) is 23.5 Å². The van der Waals surface area contributed by atoms with Crippen LogP contribution in [0.2, 0.25) is 5.02 Å². The molecule has 1 aromatic carbocycles. The molecule has 142 valence electrons. The highest BCUT2D eigenvalue weighted by molar-refractivity contribution is 8.01. The first-order chi connectivity index (χ1) is 12.8. The highest BCUT2D eigenvalue weighted by Gasteiger charge is 2.63. The van der Waals surface area contributed by atoms with Gasteiger partial charge in [-0.3, -0.25) is 9.59 Å². The Bertz CT molecular complexity index is 873. The second kappa shape index (κ2) is 6.47. The number of thioether (sulfide) groups is 1. The van der Waals surface area contributed by atoms with Crippen LogP contribution in [0.5, 0.6) is 0 Å². The molecule has 2 aliphatic heterocycles. The number of hydrogen-bond acceptors (Lipinski definition) is 7. The van der Waals surface area contributed by atoms with E-state index >= 15 is 0 Å². The maximum atomic E-state index is 12.7. The lowest BCUT2D eigenvalue weighted by molar-refractivity contribution is -0.152. The van der Waals surface area contributed by atoms with E-state index in [0.29, 0.717) is 16.4 Å². The largest absolute Gasteiger partial charge is 0.340 e. The molecule has 2 saturated heterocycles. The normalized spacial score (nSPS) is 27.0. The number of hydrogen-bond donors (Lipinski definition) is 3. The van der Waals surface area contributed by atoms with E-state index in [1.54, 1.807) is 40.9 Å². The van der Waals surface area contributed by atoms with Crippen LogP contribution in [0.1, 0.15) is 37.3 Å². The van der Waals surface area contributed by atoms with Gasteiger partial charge in [-0.25, -0.2) is 0 Å². The van der Waals surface area contributed by atoms with E-state index in [4.69, 9.17) is 17.3 Å². The van der Waals surface area contributed by atoms with Crippen LogP contribution >= 0.6 is 23.4 Å². The minimum absolute atomic E-state index is 0.176. The number of rotatable bonds is 4. The zero-order chi connectivity index (χ0) is 19.3. The van der Waals surface area contributed by atoms with Gasteiger partial charge in [0, 0.05) is 9.77 Å². The zero-order valence-corrected chi connectivity index (χ0v) is 16.2. The third kappa shape index (κ3) is 2.97. The molecule has 0 saturated carbocycles. The molecule has 9 nitrogen and oxygen atoms in total. The van der Waals surface area contributed by atoms with Crippen LogP contribution in [0.15, 0.2) is 24.3 Å². The molecule has 2 aromatic rings. The quantitative estimate of drug-likeness (QED) is 0.638. The average Bonchev–Trinajstić information content (AvgIpc) is 3.23. The molecule has 1 aromatic heterocycles. The first kappa shape index (κ1) is 18.2. The van der Waals surface area contributed by atoms with Gasteiger partial charge in [0.25, 0.3) is 0 Å². The lowest BCUT2D eigenvalue weighted by Gasteiger charge is -2.44. The number of fused-ring (bicyclic) bond motifs is 1. The lowest BCUT2D eigenvalue weighted by atomic mass is 9.95. The number of amides is 2. The molecule has 2 fully saturated rings. The molecule has 4 atom stereocenters. The Hall–Kier alpha value is -2.17. The number of halogens is 1. The van der Waals surface area contributed by atoms with Crippen molar-refractivity contribution in [3.8, 4) is 0 Å². The van der Waals surface area contributed by atoms with Crippen molar-refractivity contribution < 1.29 is 9.59 Å². The molecule has 2 amide bonds. The maximum Gasteiger partial charge on any atom is 0.249 e. The summed E-state index contributed by atoms with van der Waals surface area (Å²) in [7, 11) is 0. The SMILES string of the molecule is CC1(C)S[C@@H]2C(NC(=O)[C@@H](N)c3ccc(Cl)cc3)C(=O)N2C1c1nn[nH]n1. The van der Waals surface area contributed by atoms with Crippen LogP contribution < -0.4 is 11.1 Å². The molecule has 0 radical (unpaired) electrons. The summed E-state index contributed by atoms with van der Waals surface area (Å²) in [5.41, 5.74) is 6.67. The van der Waals surface area contributed by atoms with Crippen LogP contribution in [-0.2, 0) is 9.59 Å². The van der Waals surface area contributed by atoms with Crippen molar-refractivity contribution in [2.75, 3.05) is 0 Å². The number of aromatic amines is 1. The van der Waals surface area contributed by atoms with Gasteiger partial charge in [-0.1, -0.05) is 28.9 Å². The van der Waals surface area contributed by atoms with Crippen molar-refractivity contribution in [2.24, 2.45) is 5.73 Å². The topological polar surface area (TPSA) is 130 Å². The lowest BCUT2D eigenvalue weighted by Crippen LogP contribution is -2.68. The average molecular weight is 408 g/mol. The monoisotopic (exact) mass is 407 g/mol. The number of nitrogens with one attached hydrogen (secondary N) is 2. The predicted octanol–water partition coefficient (Wildman–Crippen LogP) is 0.773. The predicted molar refractivity (Wildman–Crippen MR) is 99.5 cm³/mol. The smallest absolute Gasteiger partial charge is 0.249 e. The Morgan fingerprint density at radius 2 is 2.11 bits per heavy atom. The number of carbonyl (C=O) groups excluding carboxylic acids is 2. The molecule has 2 unspecified atom stereocenters. The highest BCUT2D eigenvalue weighted by Crippen LogP contribution is 2.56. The minimum atomic E-state index is -0.878. The standard InChI is InChI=1S/C16H18ClN7O2S/c1-16(2)11(12-20-22-23-21-12)24-14(26)10(15(24)27-16)19-13(25)9(18)7-3-5-8(17)6-4-7/h3-6,9-11,15H,18H2,1-2H3,(H,19,25)(H,20,21,22,23)/t9-,10?,11?,15+/m0/s1. The number of nitrogens with zero attached hydrogens (tertiary/aromatic N) is 4. The number of tetrazole rings is 1. The Kier molecular flexibility index (Phi) is 4.36. The molecule has 3 heterocycles. The summed E-state index contributed by atoms with van der Waals surface area (Å²) in [6.45, 7) is 4.03. The number of carbonyl (C=O) groups is 2. The minimum Gasteiger partial charge on any atom is -0.340 e. The molecule has 2 aliphatic rings. The molecule has 0 aliphatic carbocycles. The number of nitrogens with two attached hydrogens (primary N) is 1. The van der Waals surface area contributed by atoms with Gasteiger partial charge in [-0.05, 0) is 31.5 Å². The number of H-pyrrole nitrogens is 1. The molecule has 4 rings (SSSR count). The van der Waals surface area contributed by atoms with Gasteiger partial charge < -0.3 is 16.0 Å². The van der Waals surface area contributed by atoms with Gasteiger partial charge in [0.15, 0.2) is 5.82 Å². The van der Waals surface area contributed by atoms with E-state index in [9.17, 15) is 9.59 Å². The molecule has 11 heteroatoms. The second-order valence-corrected chi connectivity index (χ2v) is 9.25. The van der Waals surface area contributed by atoms with Gasteiger partial charge in [0.05, 0.1) is 0 Å². The van der Waals surface area contributed by atoms with E-state index in [-0.39, 0.29) is 22.1 Å². The van der Waals surface area contributed by atoms with Crippen molar-refractivity contribution in [3.05, 3.63) is 40.7 Å². The fourth-order valence-corrected chi connectivity index (χ4v) is 5.27. The number of aromatic nitrogens is 4. The van der Waals surface area contributed by atoms with Crippen molar-refractivity contribution in [1.82, 2.24) is 30.8 Å². The van der Waals surface area contributed by atoms with Gasteiger partial charge in [-0.15, -0.1) is 22.0 Å². The number of benzene rings is 1. The molecule has 27 heavy (non-hydrogen) atoms. The first-order valence-corrected chi connectivity index (χ1v) is 9.60. The Balaban J connectivity index is 1.48. The third-order valence-corrected chi connectivity index (χ3v) is 6.68. The summed E-state index contributed by atoms with van der Waals surface area (Å²) in [5, 5.41) is 17.2. The van der Waals surface area contributed by atoms with E-state index in [1.165, 1.54) is 0 Å². The zero-order valence-electron chi connectivity index (χ0n) is 14.6. The molecule has 0 bridgehead atoms. The van der Waals surface area contributed by atoms with Gasteiger partial charge in [0.2, 0.25) is 11.8 Å². The van der Waals surface area contributed by atoms with E-state index in [1.807, 2.05) is 13.8 Å². The molecule has 4 N–H and O–H groups in total. The van der Waals surface area contributed by atoms with Crippen LogP contribution in [0, 0.1) is 0 Å². The maximum absolute atomic E-state index is 12.7. The van der Waals surface area contributed by atoms with Crippen molar-refractivity contribution in [1.29, 1.82) is 0 Å². The Labute approximate surface area is 164 Å². The van der Waals surface area contributed by atoms with E-state index < -0.39 is 18.0 Å². The number of β-lactam (4-membered cyclic amide) rings is 1. The Morgan fingerprint density at radius 3 is 2.74 bits per heavy atom. The van der Waals surface area contributed by atoms with E-state index in [0.717, 1.165) is 0 Å². The second-order valence-electron chi connectivity index (χ2n) is 7.05. The van der Waals surface area contributed by atoms with Crippen molar-refractivity contribution in [2.45, 2.75) is 42.1 Å². The summed E-state index contributed by atoms with van der Waals surface area (Å²) >= 11 is 7.46. The first-order valence-electron chi connectivity index (χ1n) is 8.34. The summed E-state index contributed by atoms with van der Waals surface area (Å²) in [5.74, 6) is -0.118. The van der Waals surface area contributed by atoms with Crippen LogP contribution in [0.4, 0.5) is 0 Å². The molecular formula is C16H18ClN7O2S. The summed E-state index contributed by atoms with van der Waals surface area (Å²) < 4.78 is -0.317. The highest BCUT2D eigenvalue weighted by atomic mass is 35.5. The molecule has 0 spiro atoms. The summed E-state index contributed by atoms with van der Waals surface area (Å²) in [6, 6.07) is 4.92. The fourth-order valence-electron chi connectivity index (χ4n) is 3.51. The van der Waals surface area contributed by atoms with Crippen molar-refractivity contribution >= 4 is 35.2 Å². The summed E-state index contributed by atoms with van der Waals surface area (Å²) in [6.07, 6.45) is 0. The summed E-state index contributed by atoms with van der Waals surface area (Å²) in [4.78, 5) is 27.0. The third-order valence-electron chi connectivity index (χ3n) is 4.86. The van der Waals surface area contributed by atoms with Crippen LogP contribution in [0.25, 0.3) is 0 Å². The Morgan fingerprint density at radius 1 is 1.41 bits per heavy atom. The fraction of sp³-hybridized carbons (Fsp3) is 0.438. The van der Waals surface area contributed by atoms with Crippen molar-refractivity contribution in [3.63, 3.8) is 0 Å². The van der Waals surface area contributed by atoms with Gasteiger partial charge in [-0.2, -0.15) is 5.21 Å². The molecular weight excluding hydrogens is 390 g/mol.